The van der Waals surface area contributed by atoms with Gasteiger partial charge in [0.25, 0.3) is 5.91 Å². The lowest BCUT2D eigenvalue weighted by Crippen LogP contribution is -2.17. The Kier molecular flexibility index (Phi) is 7.69. The molecule has 2 rings (SSSR count). The Hall–Kier alpha value is -0.710. The Balaban J connectivity index is 2.54. The second-order valence-corrected chi connectivity index (χ2v) is 9.99. The number of nitrogens with one attached hydrogen (secondary N) is 1. The third kappa shape index (κ3) is 5.02. The fourth-order valence-corrected chi connectivity index (χ4v) is 5.56. The van der Waals surface area contributed by atoms with Gasteiger partial charge in [-0.1, -0.05) is 0 Å². The van der Waals surface area contributed by atoms with Crippen LogP contribution in [0.2, 0.25) is 0 Å². The van der Waals surface area contributed by atoms with E-state index in [2.05, 4.69) is 21.2 Å². The molecule has 0 radical (unpaired) electrons. The third-order valence-corrected chi connectivity index (χ3v) is 7.66. The molecule has 6 nitrogen and oxygen atoms in total. The fourth-order valence-electron chi connectivity index (χ4n) is 2.25. The number of carbonyl (C=O) groups is 1. The van der Waals surface area contributed by atoms with E-state index in [0.29, 0.717) is 33.6 Å². The van der Waals surface area contributed by atoms with Crippen molar-refractivity contribution >= 4 is 62.4 Å². The van der Waals surface area contributed by atoms with Gasteiger partial charge in [-0.3, -0.25) is 9.00 Å². The van der Waals surface area contributed by atoms with Crippen LogP contribution in [0.3, 0.4) is 0 Å². The number of benzene rings is 1. The van der Waals surface area contributed by atoms with Gasteiger partial charge in [-0.25, -0.2) is 0 Å². The Bertz CT molecular complexity index is 877. The molecule has 0 saturated heterocycles. The summed E-state index contributed by atoms with van der Waals surface area (Å²) in [6.07, 6.45) is 2.06. The number of alkyl halides is 2. The molecule has 1 atom stereocenters. The van der Waals surface area contributed by atoms with Gasteiger partial charge in [0.2, 0.25) is 8.38 Å². The fraction of sp³-hybridized carbons (Fsp3) is 0.400. The maximum Gasteiger partial charge on any atom is 0.349 e. The van der Waals surface area contributed by atoms with E-state index >= 15 is 0 Å². The molecule has 0 spiro atoms. The zero-order valence-corrected chi connectivity index (χ0v) is 18.4. The summed E-state index contributed by atoms with van der Waals surface area (Å²) in [5.74, 6) is 0.227. The van der Waals surface area contributed by atoms with Crippen molar-refractivity contribution in [2.24, 2.45) is 0 Å². The van der Waals surface area contributed by atoms with Crippen LogP contribution in [0.5, 0.6) is 5.75 Å². The van der Waals surface area contributed by atoms with Crippen molar-refractivity contribution < 1.29 is 32.3 Å². The standard InChI is InChI=1S/C15H17BrF2NO5PS2/c1-19-14(20)8-6-9-11(16)13(15(17,18)25(21)22)26-12(9)10(7-8)24-4-3-5-27(2)23/h6-7,21-22H,3-5H2,1-2H3,(H,19,20). The van der Waals surface area contributed by atoms with Crippen LogP contribution >= 0.6 is 35.6 Å². The molecule has 1 aromatic carbocycles. The molecule has 27 heavy (non-hydrogen) atoms. The average Bonchev–Trinajstić information content (AvgIpc) is 2.95. The predicted molar refractivity (Wildman–Crippen MR) is 107 cm³/mol. The van der Waals surface area contributed by atoms with Crippen LogP contribution in [0.25, 0.3) is 10.1 Å². The SMILES string of the molecule is CNC(=O)c1cc(OCCCS(C)=O)c2sc(C(F)(F)P(O)O)c(Br)c2c1. The number of carbonyl (C=O) groups excluding carboxylic acids is 1. The number of halogens is 3. The third-order valence-electron chi connectivity index (χ3n) is 3.54. The number of ether oxygens (including phenoxy) is 1. The van der Waals surface area contributed by atoms with Crippen LogP contribution in [0, 0.1) is 0 Å². The zero-order chi connectivity index (χ0) is 20.4. The molecule has 150 valence electrons. The van der Waals surface area contributed by atoms with Crippen LogP contribution in [-0.4, -0.2) is 45.6 Å². The monoisotopic (exact) mass is 503 g/mol. The summed E-state index contributed by atoms with van der Waals surface area (Å²) in [6, 6.07) is 2.87. The van der Waals surface area contributed by atoms with Gasteiger partial charge in [0, 0.05) is 45.3 Å². The Morgan fingerprint density at radius 3 is 2.67 bits per heavy atom. The quantitative estimate of drug-likeness (QED) is 0.378. The molecule has 0 aliphatic rings. The molecule has 3 N–H and O–H groups in total. The lowest BCUT2D eigenvalue weighted by atomic mass is 10.1. The predicted octanol–water partition coefficient (Wildman–Crippen LogP) is 3.52. The lowest BCUT2D eigenvalue weighted by molar-refractivity contribution is 0.0766. The molecular weight excluding hydrogens is 487 g/mol. The lowest BCUT2D eigenvalue weighted by Gasteiger charge is -2.15. The number of hydrogen-bond acceptors (Lipinski definition) is 6. The first-order valence-electron chi connectivity index (χ1n) is 7.56. The van der Waals surface area contributed by atoms with Crippen molar-refractivity contribution in [2.45, 2.75) is 12.1 Å². The highest BCUT2D eigenvalue weighted by Gasteiger charge is 2.45. The molecule has 1 aromatic heterocycles. The topological polar surface area (TPSA) is 95.9 Å². The second-order valence-electron chi connectivity index (χ2n) is 5.49. The normalized spacial score (nSPS) is 13.2. The van der Waals surface area contributed by atoms with E-state index in [1.165, 1.54) is 19.2 Å². The Morgan fingerprint density at radius 2 is 2.11 bits per heavy atom. The van der Waals surface area contributed by atoms with Gasteiger partial charge in [-0.05, 0) is 34.5 Å². The number of rotatable bonds is 8. The summed E-state index contributed by atoms with van der Waals surface area (Å²) >= 11 is 3.75. The first-order chi connectivity index (χ1) is 12.6. The van der Waals surface area contributed by atoms with Gasteiger partial charge in [0.05, 0.1) is 16.2 Å². The van der Waals surface area contributed by atoms with Crippen molar-refractivity contribution in [3.8, 4) is 5.75 Å². The van der Waals surface area contributed by atoms with E-state index in [9.17, 15) is 17.8 Å². The summed E-state index contributed by atoms with van der Waals surface area (Å²) in [6.45, 7) is 0.194. The first-order valence-corrected chi connectivity index (χ1v) is 12.1. The molecule has 1 unspecified atom stereocenters. The minimum absolute atomic E-state index is 0.0200. The number of amides is 1. The van der Waals surface area contributed by atoms with Gasteiger partial charge < -0.3 is 19.8 Å². The number of fused-ring (bicyclic) bond motifs is 1. The van der Waals surface area contributed by atoms with Crippen molar-refractivity contribution in [3.63, 3.8) is 0 Å². The van der Waals surface area contributed by atoms with Crippen LogP contribution in [0.15, 0.2) is 16.6 Å². The minimum Gasteiger partial charge on any atom is -0.492 e. The molecule has 0 bridgehead atoms. The van der Waals surface area contributed by atoms with Gasteiger partial charge in [-0.2, -0.15) is 8.78 Å². The van der Waals surface area contributed by atoms with E-state index in [0.717, 1.165) is 0 Å². The van der Waals surface area contributed by atoms with Gasteiger partial charge in [0.1, 0.15) is 5.75 Å². The average molecular weight is 504 g/mol. The largest absolute Gasteiger partial charge is 0.492 e. The second kappa shape index (κ2) is 9.19. The van der Waals surface area contributed by atoms with Crippen LogP contribution in [0.1, 0.15) is 21.7 Å². The van der Waals surface area contributed by atoms with E-state index in [-0.39, 0.29) is 22.4 Å². The highest BCUT2D eigenvalue weighted by atomic mass is 79.9. The smallest absolute Gasteiger partial charge is 0.349 e. The van der Waals surface area contributed by atoms with Gasteiger partial charge in [-0.15, -0.1) is 11.3 Å². The highest BCUT2D eigenvalue weighted by molar-refractivity contribution is 9.10. The maximum atomic E-state index is 14.2. The van der Waals surface area contributed by atoms with Crippen molar-refractivity contribution in [2.75, 3.05) is 25.7 Å². The molecule has 0 fully saturated rings. The molecule has 1 amide bonds. The van der Waals surface area contributed by atoms with Crippen LogP contribution in [0.4, 0.5) is 8.78 Å². The molecule has 2 aromatic rings. The number of hydrogen-bond donors (Lipinski definition) is 3. The van der Waals surface area contributed by atoms with Crippen LogP contribution < -0.4 is 10.1 Å². The molecule has 12 heteroatoms. The van der Waals surface area contributed by atoms with Gasteiger partial charge >= 0.3 is 5.66 Å². The number of thiophene rings is 1. The Labute approximate surface area is 170 Å². The van der Waals surface area contributed by atoms with E-state index in [4.69, 9.17) is 14.5 Å². The summed E-state index contributed by atoms with van der Waals surface area (Å²) in [5, 5.41) is 2.77. The molecule has 0 aliphatic carbocycles. The zero-order valence-electron chi connectivity index (χ0n) is 14.3. The van der Waals surface area contributed by atoms with Crippen molar-refractivity contribution in [3.05, 3.63) is 27.0 Å². The van der Waals surface area contributed by atoms with E-state index in [1.54, 1.807) is 6.26 Å². The summed E-state index contributed by atoms with van der Waals surface area (Å²) < 4.78 is 45.5. The summed E-state index contributed by atoms with van der Waals surface area (Å²) in [7, 11) is -3.07. The Morgan fingerprint density at radius 1 is 1.44 bits per heavy atom. The first kappa shape index (κ1) is 22.6. The minimum atomic E-state index is -3.83. The molecular formula is C15H17BrF2NO5PS2. The van der Waals surface area contributed by atoms with Crippen LogP contribution in [-0.2, 0) is 16.5 Å². The summed E-state index contributed by atoms with van der Waals surface area (Å²) in [4.78, 5) is 29.6. The van der Waals surface area contributed by atoms with Gasteiger partial charge in [0.15, 0.2) is 0 Å². The molecule has 0 aliphatic heterocycles. The van der Waals surface area contributed by atoms with Crippen molar-refractivity contribution in [1.82, 2.24) is 5.32 Å². The highest BCUT2D eigenvalue weighted by Crippen LogP contribution is 2.58. The molecule has 0 saturated carbocycles. The maximum absolute atomic E-state index is 14.2. The van der Waals surface area contributed by atoms with Crippen molar-refractivity contribution in [1.29, 1.82) is 0 Å². The summed E-state index contributed by atoms with van der Waals surface area (Å²) in [5.41, 5.74) is -3.62. The van der Waals surface area contributed by atoms with E-state index < -0.39 is 35.6 Å². The van der Waals surface area contributed by atoms with E-state index in [1.807, 2.05) is 0 Å². The molecule has 1 heterocycles.